The molecule has 250 valence electrons. The highest BCUT2D eigenvalue weighted by molar-refractivity contribution is 7.99. The van der Waals surface area contributed by atoms with Gasteiger partial charge in [0.1, 0.15) is 0 Å². The first-order valence-electron chi connectivity index (χ1n) is 16.1. The monoisotopic (exact) mass is 674 g/mol. The second-order valence-electron chi connectivity index (χ2n) is 11.8. The highest BCUT2D eigenvalue weighted by atomic mass is 32.2. The molecule has 2 amide bonds. The number of carboxylic acid groups (broad SMARTS) is 1. The van der Waals surface area contributed by atoms with E-state index in [1.807, 2.05) is 97.1 Å². The lowest BCUT2D eigenvalue weighted by Crippen LogP contribution is -2.34. The molecular weight excluding hydrogens is 637 g/mol. The zero-order chi connectivity index (χ0) is 34.0. The van der Waals surface area contributed by atoms with Crippen LogP contribution in [0.15, 0.2) is 132 Å². The van der Waals surface area contributed by atoms with E-state index in [0.29, 0.717) is 25.3 Å². The topological polar surface area (TPSA) is 117 Å². The quantitative estimate of drug-likeness (QED) is 0.0995. The highest BCUT2D eigenvalue weighted by Gasteiger charge is 2.32. The Morgan fingerprint density at radius 1 is 0.694 bits per heavy atom. The summed E-state index contributed by atoms with van der Waals surface area (Å²) in [6.45, 7) is 0.847. The zero-order valence-electron chi connectivity index (χ0n) is 26.8. The van der Waals surface area contributed by atoms with Crippen LogP contribution in [0.4, 0.5) is 4.79 Å². The first kappa shape index (κ1) is 34.0. The number of hydrogen-bond acceptors (Lipinski definition) is 6. The Kier molecular flexibility index (Phi) is 11.4. The SMILES string of the molecule is O=C(NCc1ccccc1)NCc1cccc(-c2ccc([C@@H]3O[C@H](CSc4ccc(C(=O)O)cc4)C[C@H](c4ccc(CO)cc4)O3)cc2)c1. The standard InChI is InChI=1S/C40H38N2O6S/c43-25-28-9-11-31(12-10-28)37-22-35(26-49-36-19-17-32(18-20-36)38(44)45)47-39(48-37)33-15-13-30(14-16-33)34-8-4-7-29(21-34)24-42-40(46)41-23-27-5-2-1-3-6-27/h1-21,35,37,39,43H,22-26H2,(H,44,45)(H2,41,42,46)/t35-,37+,39+/m0/s1. The van der Waals surface area contributed by atoms with E-state index in [1.54, 1.807) is 23.9 Å². The summed E-state index contributed by atoms with van der Waals surface area (Å²) in [5.41, 5.74) is 7.10. The zero-order valence-corrected chi connectivity index (χ0v) is 27.6. The summed E-state index contributed by atoms with van der Waals surface area (Å²) in [5.74, 6) is -0.280. The Hall–Kier alpha value is -4.93. The van der Waals surface area contributed by atoms with E-state index in [0.717, 1.165) is 43.8 Å². The molecule has 9 heteroatoms. The number of aliphatic hydroxyl groups excluding tert-OH is 1. The van der Waals surface area contributed by atoms with Crippen molar-refractivity contribution in [2.45, 2.75) is 49.5 Å². The number of carbonyl (C=O) groups excluding carboxylic acids is 1. The van der Waals surface area contributed by atoms with Crippen molar-refractivity contribution in [3.05, 3.63) is 161 Å². The van der Waals surface area contributed by atoms with Crippen LogP contribution in [0.25, 0.3) is 11.1 Å². The molecule has 0 aromatic heterocycles. The maximum atomic E-state index is 12.4. The molecule has 1 saturated heterocycles. The number of nitrogens with one attached hydrogen (secondary N) is 2. The van der Waals surface area contributed by atoms with Crippen molar-refractivity contribution in [2.75, 3.05) is 5.75 Å². The van der Waals surface area contributed by atoms with E-state index in [2.05, 4.69) is 28.8 Å². The molecule has 0 bridgehead atoms. The lowest BCUT2D eigenvalue weighted by Gasteiger charge is -2.36. The molecule has 1 aliphatic heterocycles. The molecule has 5 aromatic carbocycles. The van der Waals surface area contributed by atoms with Crippen molar-refractivity contribution in [1.29, 1.82) is 0 Å². The van der Waals surface area contributed by atoms with Crippen LogP contribution in [0, 0.1) is 0 Å². The number of aliphatic hydroxyl groups is 1. The second-order valence-corrected chi connectivity index (χ2v) is 12.9. The van der Waals surface area contributed by atoms with Crippen LogP contribution in [0.2, 0.25) is 0 Å². The molecule has 5 aromatic rings. The Balaban J connectivity index is 1.11. The Bertz CT molecular complexity index is 1830. The number of rotatable bonds is 12. The maximum Gasteiger partial charge on any atom is 0.335 e. The molecule has 1 aliphatic rings. The number of thioether (sulfide) groups is 1. The molecule has 1 heterocycles. The van der Waals surface area contributed by atoms with Gasteiger partial charge in [0.05, 0.1) is 24.4 Å². The lowest BCUT2D eigenvalue weighted by atomic mass is 9.99. The number of carboxylic acids is 1. The van der Waals surface area contributed by atoms with E-state index in [9.17, 15) is 19.8 Å². The molecule has 1 fully saturated rings. The van der Waals surface area contributed by atoms with Crippen LogP contribution in [0.3, 0.4) is 0 Å². The molecule has 0 radical (unpaired) electrons. The minimum absolute atomic E-state index is 0.0205. The number of ether oxygens (including phenoxy) is 2. The van der Waals surface area contributed by atoms with Crippen molar-refractivity contribution in [1.82, 2.24) is 10.6 Å². The van der Waals surface area contributed by atoms with Gasteiger partial charge in [0, 0.05) is 35.7 Å². The van der Waals surface area contributed by atoms with Crippen molar-refractivity contribution < 1.29 is 29.3 Å². The van der Waals surface area contributed by atoms with Crippen LogP contribution in [-0.2, 0) is 29.2 Å². The molecule has 0 saturated carbocycles. The first-order chi connectivity index (χ1) is 23.9. The summed E-state index contributed by atoms with van der Waals surface area (Å²) in [4.78, 5) is 24.6. The molecule has 0 spiro atoms. The smallest absolute Gasteiger partial charge is 0.335 e. The number of aromatic carboxylic acids is 1. The number of amides is 2. The fourth-order valence-corrected chi connectivity index (χ4v) is 6.54. The lowest BCUT2D eigenvalue weighted by molar-refractivity contribution is -0.245. The predicted octanol–water partition coefficient (Wildman–Crippen LogP) is 7.88. The van der Waals surface area contributed by atoms with Crippen molar-refractivity contribution in [3.63, 3.8) is 0 Å². The predicted molar refractivity (Wildman–Crippen MR) is 190 cm³/mol. The Morgan fingerprint density at radius 3 is 2.06 bits per heavy atom. The van der Waals surface area contributed by atoms with Gasteiger partial charge in [0.2, 0.25) is 0 Å². The van der Waals surface area contributed by atoms with E-state index < -0.39 is 12.3 Å². The summed E-state index contributed by atoms with van der Waals surface area (Å²) in [6.07, 6.45) is -0.270. The van der Waals surface area contributed by atoms with Crippen LogP contribution >= 0.6 is 11.8 Å². The molecule has 8 nitrogen and oxygen atoms in total. The molecule has 4 N–H and O–H groups in total. The molecule has 49 heavy (non-hydrogen) atoms. The van der Waals surface area contributed by atoms with Crippen molar-refractivity contribution in [2.24, 2.45) is 0 Å². The van der Waals surface area contributed by atoms with E-state index in [1.165, 1.54) is 0 Å². The Labute approximate surface area is 290 Å². The number of urea groups is 1. The summed E-state index contributed by atoms with van der Waals surface area (Å²) >= 11 is 1.62. The van der Waals surface area contributed by atoms with E-state index in [-0.39, 0.29) is 30.4 Å². The molecule has 3 atom stereocenters. The van der Waals surface area contributed by atoms with Gasteiger partial charge in [-0.15, -0.1) is 11.8 Å². The molecule has 6 rings (SSSR count). The van der Waals surface area contributed by atoms with Gasteiger partial charge in [-0.1, -0.05) is 97.1 Å². The summed E-state index contributed by atoms with van der Waals surface area (Å²) < 4.78 is 13.0. The van der Waals surface area contributed by atoms with Gasteiger partial charge < -0.3 is 30.3 Å². The number of carbonyl (C=O) groups is 2. The average Bonchev–Trinajstić information content (AvgIpc) is 3.16. The largest absolute Gasteiger partial charge is 0.478 e. The van der Waals surface area contributed by atoms with Gasteiger partial charge in [-0.25, -0.2) is 9.59 Å². The normalized spacial score (nSPS) is 17.3. The molecule has 0 unspecified atom stereocenters. The van der Waals surface area contributed by atoms with Crippen molar-refractivity contribution >= 4 is 23.8 Å². The van der Waals surface area contributed by atoms with Crippen LogP contribution in [-0.4, -0.2) is 34.1 Å². The molecular formula is C40H38N2O6S. The summed E-state index contributed by atoms with van der Waals surface area (Å²) in [5, 5.41) is 24.6. The van der Waals surface area contributed by atoms with Gasteiger partial charge in [-0.3, -0.25) is 0 Å². The summed E-state index contributed by atoms with van der Waals surface area (Å²) in [7, 11) is 0. The number of hydrogen-bond donors (Lipinski definition) is 4. The van der Waals surface area contributed by atoms with Crippen molar-refractivity contribution in [3.8, 4) is 11.1 Å². The third-order valence-corrected chi connectivity index (χ3v) is 9.49. The van der Waals surface area contributed by atoms with E-state index >= 15 is 0 Å². The average molecular weight is 675 g/mol. The first-order valence-corrected chi connectivity index (χ1v) is 17.1. The van der Waals surface area contributed by atoms with Gasteiger partial charge in [-0.05, 0) is 63.7 Å². The fourth-order valence-electron chi connectivity index (χ4n) is 5.62. The van der Waals surface area contributed by atoms with Crippen LogP contribution in [0.5, 0.6) is 0 Å². The van der Waals surface area contributed by atoms with Gasteiger partial charge in [0.15, 0.2) is 6.29 Å². The third kappa shape index (κ3) is 9.37. The fraction of sp³-hybridized carbons (Fsp3) is 0.200. The van der Waals surface area contributed by atoms with Gasteiger partial charge in [0.25, 0.3) is 0 Å². The van der Waals surface area contributed by atoms with Crippen LogP contribution in [0.1, 0.15) is 57.0 Å². The van der Waals surface area contributed by atoms with Crippen LogP contribution < -0.4 is 10.6 Å². The minimum Gasteiger partial charge on any atom is -0.478 e. The van der Waals surface area contributed by atoms with Gasteiger partial charge >= 0.3 is 12.0 Å². The minimum atomic E-state index is -0.947. The maximum absolute atomic E-state index is 12.4. The van der Waals surface area contributed by atoms with E-state index in [4.69, 9.17) is 9.47 Å². The number of benzene rings is 5. The Morgan fingerprint density at radius 2 is 1.37 bits per heavy atom. The van der Waals surface area contributed by atoms with Gasteiger partial charge in [-0.2, -0.15) is 0 Å². The molecule has 0 aliphatic carbocycles. The second kappa shape index (κ2) is 16.5. The highest BCUT2D eigenvalue weighted by Crippen LogP contribution is 2.40. The third-order valence-electron chi connectivity index (χ3n) is 8.34. The summed E-state index contributed by atoms with van der Waals surface area (Å²) in [6, 6.07) is 40.5.